The van der Waals surface area contributed by atoms with Crippen LogP contribution in [0.25, 0.3) is 0 Å². The fraction of sp³-hybridized carbons (Fsp3) is 0.533. The van der Waals surface area contributed by atoms with Crippen LogP contribution in [0.4, 0.5) is 5.69 Å². The van der Waals surface area contributed by atoms with Crippen molar-refractivity contribution in [2.45, 2.75) is 31.7 Å². The largest absolute Gasteiger partial charge is 0.381 e. The van der Waals surface area contributed by atoms with Crippen LogP contribution in [-0.2, 0) is 16.0 Å². The van der Waals surface area contributed by atoms with Gasteiger partial charge in [0.1, 0.15) is 5.54 Å². The molecular weight excluding hydrogens is 240 g/mol. The third kappa shape index (κ3) is 2.96. The lowest BCUT2D eigenvalue weighted by Crippen LogP contribution is -2.57. The smallest absolute Gasteiger partial charge is 0.246 e. The van der Waals surface area contributed by atoms with Gasteiger partial charge in [0.15, 0.2) is 0 Å². The molecule has 0 bridgehead atoms. The minimum Gasteiger partial charge on any atom is -0.381 e. The van der Waals surface area contributed by atoms with Crippen LogP contribution >= 0.6 is 0 Å². The highest BCUT2D eigenvalue weighted by molar-refractivity contribution is 5.99. The van der Waals surface area contributed by atoms with E-state index in [1.807, 2.05) is 24.3 Å². The normalized spacial score (nSPS) is 18.1. The molecule has 0 saturated carbocycles. The quantitative estimate of drug-likeness (QED) is 0.902. The highest BCUT2D eigenvalue weighted by atomic mass is 16.5. The molecule has 1 aromatic carbocycles. The third-order valence-corrected chi connectivity index (χ3v) is 3.85. The zero-order valence-corrected chi connectivity index (χ0v) is 11.7. The topological polar surface area (TPSA) is 55.6 Å². The van der Waals surface area contributed by atoms with E-state index < -0.39 is 5.54 Å². The lowest BCUT2D eigenvalue weighted by molar-refractivity contribution is -0.126. The number of nitrogens with zero attached hydrogens (tertiary/aromatic N) is 1. The Morgan fingerprint density at radius 2 is 1.89 bits per heavy atom. The van der Waals surface area contributed by atoms with Crippen molar-refractivity contribution in [3.8, 4) is 0 Å². The van der Waals surface area contributed by atoms with Crippen LogP contribution in [0.1, 0.15) is 25.3 Å². The molecule has 1 aliphatic heterocycles. The van der Waals surface area contributed by atoms with Gasteiger partial charge in [-0.15, -0.1) is 0 Å². The number of anilines is 1. The van der Waals surface area contributed by atoms with E-state index in [1.165, 1.54) is 5.56 Å². The minimum absolute atomic E-state index is 0.0277. The summed E-state index contributed by atoms with van der Waals surface area (Å²) in [5.74, 6) is -0.0277. The molecular formula is C15H22N2O2. The van der Waals surface area contributed by atoms with Crippen LogP contribution in [0.2, 0.25) is 0 Å². The number of carbonyl (C=O) groups is 1. The molecule has 1 saturated heterocycles. The number of carbonyl (C=O) groups excluding carboxylic acids is 1. The predicted octanol–water partition coefficient (Wildman–Crippen LogP) is 1.72. The fourth-order valence-electron chi connectivity index (χ4n) is 2.36. The maximum absolute atomic E-state index is 12.5. The van der Waals surface area contributed by atoms with E-state index in [-0.39, 0.29) is 5.91 Å². The summed E-state index contributed by atoms with van der Waals surface area (Å²) in [5, 5.41) is 0. The molecule has 1 aliphatic rings. The molecule has 19 heavy (non-hydrogen) atoms. The summed E-state index contributed by atoms with van der Waals surface area (Å²) in [5.41, 5.74) is 7.59. The fourth-order valence-corrected chi connectivity index (χ4v) is 2.36. The van der Waals surface area contributed by atoms with Gasteiger partial charge in [0.2, 0.25) is 5.91 Å². The van der Waals surface area contributed by atoms with Gasteiger partial charge in [-0.05, 0) is 37.0 Å². The average molecular weight is 262 g/mol. The van der Waals surface area contributed by atoms with Crippen molar-refractivity contribution in [2.24, 2.45) is 5.73 Å². The Morgan fingerprint density at radius 3 is 2.42 bits per heavy atom. The van der Waals surface area contributed by atoms with Gasteiger partial charge in [-0.25, -0.2) is 0 Å². The first-order valence-corrected chi connectivity index (χ1v) is 6.80. The molecule has 4 heteroatoms. The molecule has 1 amide bonds. The molecule has 2 N–H and O–H groups in total. The maximum Gasteiger partial charge on any atom is 0.246 e. The minimum atomic E-state index is -0.781. The monoisotopic (exact) mass is 262 g/mol. The van der Waals surface area contributed by atoms with E-state index in [0.717, 1.165) is 12.1 Å². The Bertz CT molecular complexity index is 436. The standard InChI is InChI=1S/C15H22N2O2/c1-3-12-4-6-13(7-5-12)17(2)14(18)15(16)8-10-19-11-9-15/h4-7H,3,8-11,16H2,1-2H3. The van der Waals surface area contributed by atoms with Crippen molar-refractivity contribution >= 4 is 11.6 Å². The lowest BCUT2D eigenvalue weighted by atomic mass is 9.89. The van der Waals surface area contributed by atoms with Gasteiger partial charge in [0.05, 0.1) is 0 Å². The molecule has 0 radical (unpaired) electrons. The zero-order valence-electron chi connectivity index (χ0n) is 11.7. The number of benzene rings is 1. The molecule has 0 aliphatic carbocycles. The first-order valence-electron chi connectivity index (χ1n) is 6.80. The third-order valence-electron chi connectivity index (χ3n) is 3.85. The second kappa shape index (κ2) is 5.72. The summed E-state index contributed by atoms with van der Waals surface area (Å²) in [4.78, 5) is 14.2. The molecule has 0 aromatic heterocycles. The van der Waals surface area contributed by atoms with Gasteiger partial charge >= 0.3 is 0 Å². The highest BCUT2D eigenvalue weighted by Gasteiger charge is 2.38. The van der Waals surface area contributed by atoms with Crippen LogP contribution < -0.4 is 10.6 Å². The van der Waals surface area contributed by atoms with Crippen LogP contribution in [0.15, 0.2) is 24.3 Å². The van der Waals surface area contributed by atoms with Crippen molar-refractivity contribution < 1.29 is 9.53 Å². The lowest BCUT2D eigenvalue weighted by Gasteiger charge is -2.35. The Balaban J connectivity index is 2.13. The summed E-state index contributed by atoms with van der Waals surface area (Å²) < 4.78 is 5.28. The van der Waals surface area contributed by atoms with E-state index in [2.05, 4.69) is 6.92 Å². The molecule has 1 aromatic rings. The van der Waals surface area contributed by atoms with Crippen LogP contribution in [0.5, 0.6) is 0 Å². The van der Waals surface area contributed by atoms with Crippen molar-refractivity contribution in [3.63, 3.8) is 0 Å². The molecule has 0 spiro atoms. The Hall–Kier alpha value is -1.39. The van der Waals surface area contributed by atoms with Crippen molar-refractivity contribution in [1.82, 2.24) is 0 Å². The van der Waals surface area contributed by atoms with Crippen LogP contribution in [0.3, 0.4) is 0 Å². The van der Waals surface area contributed by atoms with E-state index in [0.29, 0.717) is 26.1 Å². The number of rotatable bonds is 3. The summed E-state index contributed by atoms with van der Waals surface area (Å²) in [6.07, 6.45) is 2.17. The van der Waals surface area contributed by atoms with Gasteiger partial charge in [0.25, 0.3) is 0 Å². The Labute approximate surface area is 114 Å². The van der Waals surface area contributed by atoms with Gasteiger partial charge in [0, 0.05) is 25.9 Å². The first kappa shape index (κ1) is 14.0. The van der Waals surface area contributed by atoms with Crippen molar-refractivity contribution in [2.75, 3.05) is 25.2 Å². The Kier molecular flexibility index (Phi) is 4.22. The van der Waals surface area contributed by atoms with E-state index >= 15 is 0 Å². The average Bonchev–Trinajstić information content (AvgIpc) is 2.46. The number of likely N-dealkylation sites (N-methyl/N-ethyl adjacent to an activating group) is 1. The van der Waals surface area contributed by atoms with Crippen molar-refractivity contribution in [1.29, 1.82) is 0 Å². The van der Waals surface area contributed by atoms with E-state index in [4.69, 9.17) is 10.5 Å². The second-order valence-electron chi connectivity index (χ2n) is 5.15. The van der Waals surface area contributed by atoms with Crippen LogP contribution in [0, 0.1) is 0 Å². The van der Waals surface area contributed by atoms with E-state index in [1.54, 1.807) is 11.9 Å². The molecule has 0 unspecified atom stereocenters. The number of aryl methyl sites for hydroxylation is 1. The van der Waals surface area contributed by atoms with Gasteiger partial charge in [-0.3, -0.25) is 4.79 Å². The van der Waals surface area contributed by atoms with Gasteiger partial charge in [-0.2, -0.15) is 0 Å². The molecule has 2 rings (SSSR count). The van der Waals surface area contributed by atoms with E-state index in [9.17, 15) is 4.79 Å². The highest BCUT2D eigenvalue weighted by Crippen LogP contribution is 2.23. The predicted molar refractivity (Wildman–Crippen MR) is 76.2 cm³/mol. The number of hydrogen-bond donors (Lipinski definition) is 1. The maximum atomic E-state index is 12.5. The Morgan fingerprint density at radius 1 is 1.32 bits per heavy atom. The molecule has 4 nitrogen and oxygen atoms in total. The van der Waals surface area contributed by atoms with Crippen molar-refractivity contribution in [3.05, 3.63) is 29.8 Å². The molecule has 104 valence electrons. The number of nitrogens with two attached hydrogens (primary N) is 1. The zero-order chi connectivity index (χ0) is 13.9. The van der Waals surface area contributed by atoms with Gasteiger partial charge in [-0.1, -0.05) is 19.1 Å². The summed E-state index contributed by atoms with van der Waals surface area (Å²) in [6.45, 7) is 3.23. The molecule has 1 fully saturated rings. The summed E-state index contributed by atoms with van der Waals surface area (Å²) in [7, 11) is 1.79. The number of hydrogen-bond acceptors (Lipinski definition) is 3. The molecule has 0 atom stereocenters. The molecule has 1 heterocycles. The van der Waals surface area contributed by atoms with Crippen LogP contribution in [-0.4, -0.2) is 31.7 Å². The number of amides is 1. The second-order valence-corrected chi connectivity index (χ2v) is 5.15. The number of ether oxygens (including phenoxy) is 1. The summed E-state index contributed by atoms with van der Waals surface area (Å²) in [6, 6.07) is 8.04. The van der Waals surface area contributed by atoms with Gasteiger partial charge < -0.3 is 15.4 Å². The summed E-state index contributed by atoms with van der Waals surface area (Å²) >= 11 is 0. The SMILES string of the molecule is CCc1ccc(N(C)C(=O)C2(N)CCOCC2)cc1. The first-order chi connectivity index (χ1) is 9.07.